The van der Waals surface area contributed by atoms with Crippen LogP contribution in [0.5, 0.6) is 5.75 Å². The molecule has 4 nitrogen and oxygen atoms in total. The molecule has 3 N–H and O–H groups in total. The molecule has 1 amide bonds. The molecule has 0 radical (unpaired) electrons. The predicted octanol–water partition coefficient (Wildman–Crippen LogP) is 3.16. The van der Waals surface area contributed by atoms with E-state index in [0.29, 0.717) is 30.0 Å². The summed E-state index contributed by atoms with van der Waals surface area (Å²) in [6, 6.07) is 13.4. The van der Waals surface area contributed by atoms with Crippen molar-refractivity contribution in [2.24, 2.45) is 0 Å². The summed E-state index contributed by atoms with van der Waals surface area (Å²) in [7, 11) is 1.58. The number of carbonyl (C=O) groups is 1. The van der Waals surface area contributed by atoms with Crippen LogP contribution < -0.4 is 15.8 Å². The normalized spacial score (nSPS) is 10.2. The summed E-state index contributed by atoms with van der Waals surface area (Å²) in [5.41, 5.74) is 9.35. The number of anilines is 2. The van der Waals surface area contributed by atoms with Gasteiger partial charge in [-0.3, -0.25) is 4.79 Å². The standard InChI is InChI=1S/C17H20N2O2/c1-12-4-3-5-13(10-12)6-9-17(20)19-16-8-7-14(21-2)11-15(16)18/h3-5,7-8,10-11H,6,9,18H2,1-2H3,(H,19,20). The van der Waals surface area contributed by atoms with Crippen LogP contribution in [0.4, 0.5) is 11.4 Å². The van der Waals surface area contributed by atoms with Crippen LogP contribution in [0.2, 0.25) is 0 Å². The van der Waals surface area contributed by atoms with Crippen molar-refractivity contribution < 1.29 is 9.53 Å². The third-order valence-corrected chi connectivity index (χ3v) is 3.26. The molecule has 0 aliphatic rings. The topological polar surface area (TPSA) is 64.3 Å². The number of hydrogen-bond acceptors (Lipinski definition) is 3. The van der Waals surface area contributed by atoms with E-state index < -0.39 is 0 Å². The smallest absolute Gasteiger partial charge is 0.224 e. The molecular weight excluding hydrogens is 264 g/mol. The van der Waals surface area contributed by atoms with Crippen molar-refractivity contribution in [1.82, 2.24) is 0 Å². The Hall–Kier alpha value is -2.49. The maximum atomic E-state index is 12.0. The minimum absolute atomic E-state index is 0.0478. The highest BCUT2D eigenvalue weighted by Crippen LogP contribution is 2.24. The van der Waals surface area contributed by atoms with Crippen molar-refractivity contribution in [1.29, 1.82) is 0 Å². The van der Waals surface area contributed by atoms with Gasteiger partial charge in [0.25, 0.3) is 0 Å². The van der Waals surface area contributed by atoms with E-state index in [1.807, 2.05) is 25.1 Å². The zero-order valence-corrected chi connectivity index (χ0v) is 12.3. The molecule has 2 aromatic carbocycles. The van der Waals surface area contributed by atoms with E-state index in [4.69, 9.17) is 10.5 Å². The number of carbonyl (C=O) groups excluding carboxylic acids is 1. The number of nitrogen functional groups attached to an aromatic ring is 1. The van der Waals surface area contributed by atoms with Gasteiger partial charge in [0.05, 0.1) is 18.5 Å². The monoisotopic (exact) mass is 284 g/mol. The van der Waals surface area contributed by atoms with Gasteiger partial charge < -0.3 is 15.8 Å². The SMILES string of the molecule is COc1ccc(NC(=O)CCc2cccc(C)c2)c(N)c1. The summed E-state index contributed by atoms with van der Waals surface area (Å²) in [6.45, 7) is 2.04. The Morgan fingerprint density at radius 3 is 2.71 bits per heavy atom. The fourth-order valence-corrected chi connectivity index (χ4v) is 2.12. The molecule has 2 aromatic rings. The lowest BCUT2D eigenvalue weighted by atomic mass is 10.1. The first-order chi connectivity index (χ1) is 10.1. The Morgan fingerprint density at radius 1 is 1.24 bits per heavy atom. The van der Waals surface area contributed by atoms with Crippen molar-refractivity contribution in [2.75, 3.05) is 18.2 Å². The second kappa shape index (κ2) is 6.79. The Bertz CT molecular complexity index is 638. The Kier molecular flexibility index (Phi) is 4.82. The third kappa shape index (κ3) is 4.24. The highest BCUT2D eigenvalue weighted by molar-refractivity contribution is 5.94. The summed E-state index contributed by atoms with van der Waals surface area (Å²) in [5, 5.41) is 2.83. The molecule has 0 aliphatic carbocycles. The van der Waals surface area contributed by atoms with Gasteiger partial charge in [0, 0.05) is 12.5 Å². The van der Waals surface area contributed by atoms with Crippen LogP contribution in [-0.4, -0.2) is 13.0 Å². The molecule has 0 fully saturated rings. The molecule has 0 aromatic heterocycles. The third-order valence-electron chi connectivity index (χ3n) is 3.26. The first-order valence-electron chi connectivity index (χ1n) is 6.87. The Labute approximate surface area is 124 Å². The van der Waals surface area contributed by atoms with Gasteiger partial charge in [0.15, 0.2) is 0 Å². The average molecular weight is 284 g/mol. The van der Waals surface area contributed by atoms with E-state index in [9.17, 15) is 4.79 Å². The Morgan fingerprint density at radius 2 is 2.05 bits per heavy atom. The maximum Gasteiger partial charge on any atom is 0.224 e. The molecule has 110 valence electrons. The number of aryl methyl sites for hydroxylation is 2. The van der Waals surface area contributed by atoms with Crippen LogP contribution in [0, 0.1) is 6.92 Å². The molecular formula is C17H20N2O2. The minimum atomic E-state index is -0.0478. The van der Waals surface area contributed by atoms with Gasteiger partial charge in [0.2, 0.25) is 5.91 Å². The number of nitrogens with one attached hydrogen (secondary N) is 1. The van der Waals surface area contributed by atoms with Gasteiger partial charge in [-0.15, -0.1) is 0 Å². The molecule has 21 heavy (non-hydrogen) atoms. The van der Waals surface area contributed by atoms with Gasteiger partial charge >= 0.3 is 0 Å². The number of benzene rings is 2. The van der Waals surface area contributed by atoms with E-state index in [1.54, 1.807) is 25.3 Å². The van der Waals surface area contributed by atoms with Crippen molar-refractivity contribution >= 4 is 17.3 Å². The number of hydrogen-bond donors (Lipinski definition) is 2. The van der Waals surface area contributed by atoms with Crippen LogP contribution in [0.3, 0.4) is 0 Å². The highest BCUT2D eigenvalue weighted by Gasteiger charge is 2.07. The first-order valence-corrected chi connectivity index (χ1v) is 6.87. The predicted molar refractivity (Wildman–Crippen MR) is 85.5 cm³/mol. The van der Waals surface area contributed by atoms with Crippen LogP contribution in [0.15, 0.2) is 42.5 Å². The number of amides is 1. The lowest BCUT2D eigenvalue weighted by Gasteiger charge is -2.10. The lowest BCUT2D eigenvalue weighted by Crippen LogP contribution is -2.13. The van der Waals surface area contributed by atoms with Crippen LogP contribution in [0.25, 0.3) is 0 Å². The molecule has 0 spiro atoms. The molecule has 0 atom stereocenters. The van der Waals surface area contributed by atoms with Crippen LogP contribution >= 0.6 is 0 Å². The van der Waals surface area contributed by atoms with E-state index in [-0.39, 0.29) is 5.91 Å². The average Bonchev–Trinajstić information content (AvgIpc) is 2.47. The highest BCUT2D eigenvalue weighted by atomic mass is 16.5. The van der Waals surface area contributed by atoms with Crippen LogP contribution in [-0.2, 0) is 11.2 Å². The van der Waals surface area contributed by atoms with Gasteiger partial charge in [-0.05, 0) is 31.0 Å². The summed E-state index contributed by atoms with van der Waals surface area (Å²) in [4.78, 5) is 12.0. The summed E-state index contributed by atoms with van der Waals surface area (Å²) in [5.74, 6) is 0.624. The number of ether oxygens (including phenoxy) is 1. The summed E-state index contributed by atoms with van der Waals surface area (Å²) >= 11 is 0. The van der Waals surface area contributed by atoms with Crippen molar-refractivity contribution in [3.8, 4) is 5.75 Å². The van der Waals surface area contributed by atoms with Crippen molar-refractivity contribution in [3.05, 3.63) is 53.6 Å². The fourth-order valence-electron chi connectivity index (χ4n) is 2.12. The van der Waals surface area contributed by atoms with E-state index in [1.165, 1.54) is 5.56 Å². The van der Waals surface area contributed by atoms with E-state index in [2.05, 4.69) is 11.4 Å². The number of rotatable bonds is 5. The Balaban J connectivity index is 1.93. The second-order valence-corrected chi connectivity index (χ2v) is 4.99. The quantitative estimate of drug-likeness (QED) is 0.829. The van der Waals surface area contributed by atoms with Gasteiger partial charge in [0.1, 0.15) is 5.75 Å². The molecule has 0 saturated heterocycles. The first kappa shape index (κ1) is 14.9. The summed E-state index contributed by atoms with van der Waals surface area (Å²) in [6.07, 6.45) is 1.14. The second-order valence-electron chi connectivity index (χ2n) is 4.99. The van der Waals surface area contributed by atoms with Crippen LogP contribution in [0.1, 0.15) is 17.5 Å². The number of methoxy groups -OCH3 is 1. The van der Waals surface area contributed by atoms with E-state index in [0.717, 1.165) is 5.56 Å². The maximum absolute atomic E-state index is 12.0. The molecule has 0 saturated carbocycles. The zero-order valence-electron chi connectivity index (χ0n) is 12.3. The summed E-state index contributed by atoms with van der Waals surface area (Å²) < 4.78 is 5.08. The molecule has 0 unspecified atom stereocenters. The van der Waals surface area contributed by atoms with E-state index >= 15 is 0 Å². The molecule has 0 aliphatic heterocycles. The van der Waals surface area contributed by atoms with Gasteiger partial charge in [-0.25, -0.2) is 0 Å². The number of nitrogens with two attached hydrogens (primary N) is 1. The van der Waals surface area contributed by atoms with Gasteiger partial charge in [-0.1, -0.05) is 29.8 Å². The minimum Gasteiger partial charge on any atom is -0.497 e. The zero-order chi connectivity index (χ0) is 15.2. The molecule has 2 rings (SSSR count). The van der Waals surface area contributed by atoms with Crippen molar-refractivity contribution in [3.63, 3.8) is 0 Å². The molecule has 0 bridgehead atoms. The largest absolute Gasteiger partial charge is 0.497 e. The van der Waals surface area contributed by atoms with Crippen molar-refractivity contribution in [2.45, 2.75) is 19.8 Å². The molecule has 0 heterocycles. The lowest BCUT2D eigenvalue weighted by molar-refractivity contribution is -0.116. The van der Waals surface area contributed by atoms with Gasteiger partial charge in [-0.2, -0.15) is 0 Å². The fraction of sp³-hybridized carbons (Fsp3) is 0.235. The molecule has 4 heteroatoms.